The SMILES string of the molecule is CC1CCCN1c1nc(Nc2ccc(N3CCCC(O)C3)cc2)ncc1C(F)(F)F. The van der Waals surface area contributed by atoms with Crippen LogP contribution >= 0.6 is 0 Å². The van der Waals surface area contributed by atoms with Crippen LogP contribution in [0.1, 0.15) is 38.2 Å². The molecule has 30 heavy (non-hydrogen) atoms. The van der Waals surface area contributed by atoms with Gasteiger partial charge in [-0.15, -0.1) is 0 Å². The molecule has 9 heteroatoms. The van der Waals surface area contributed by atoms with Crippen LogP contribution in [-0.4, -0.2) is 46.9 Å². The third-order valence-corrected chi connectivity index (χ3v) is 5.78. The molecule has 0 aliphatic carbocycles. The number of aliphatic hydroxyl groups is 1. The zero-order chi connectivity index (χ0) is 21.3. The number of benzene rings is 1. The Morgan fingerprint density at radius 3 is 2.47 bits per heavy atom. The van der Waals surface area contributed by atoms with Gasteiger partial charge in [0.25, 0.3) is 0 Å². The van der Waals surface area contributed by atoms with E-state index in [4.69, 9.17) is 0 Å². The maximum atomic E-state index is 13.5. The summed E-state index contributed by atoms with van der Waals surface area (Å²) >= 11 is 0. The van der Waals surface area contributed by atoms with E-state index in [9.17, 15) is 18.3 Å². The van der Waals surface area contributed by atoms with E-state index in [0.717, 1.165) is 44.1 Å². The van der Waals surface area contributed by atoms with Crippen LogP contribution in [0.3, 0.4) is 0 Å². The zero-order valence-electron chi connectivity index (χ0n) is 16.9. The number of anilines is 4. The van der Waals surface area contributed by atoms with Crippen LogP contribution in [0, 0.1) is 0 Å². The minimum absolute atomic E-state index is 0.00743. The molecule has 6 nitrogen and oxygen atoms in total. The Balaban J connectivity index is 1.54. The summed E-state index contributed by atoms with van der Waals surface area (Å²) in [4.78, 5) is 12.0. The van der Waals surface area contributed by atoms with Gasteiger partial charge in [0, 0.05) is 43.2 Å². The van der Waals surface area contributed by atoms with Crippen molar-refractivity contribution in [3.05, 3.63) is 36.0 Å². The fourth-order valence-corrected chi connectivity index (χ4v) is 4.17. The van der Waals surface area contributed by atoms with Gasteiger partial charge in [0.05, 0.1) is 6.10 Å². The fourth-order valence-electron chi connectivity index (χ4n) is 4.17. The van der Waals surface area contributed by atoms with Gasteiger partial charge in [-0.3, -0.25) is 0 Å². The molecule has 2 aliphatic heterocycles. The van der Waals surface area contributed by atoms with Crippen LogP contribution in [0.5, 0.6) is 0 Å². The van der Waals surface area contributed by atoms with Crippen molar-refractivity contribution >= 4 is 23.1 Å². The minimum Gasteiger partial charge on any atom is -0.391 e. The predicted octanol–water partition coefficient (Wildman–Crippen LogP) is 4.19. The highest BCUT2D eigenvalue weighted by Gasteiger charge is 2.38. The van der Waals surface area contributed by atoms with Gasteiger partial charge in [-0.05, 0) is 56.9 Å². The molecule has 2 fully saturated rings. The fraction of sp³-hybridized carbons (Fsp3) is 0.524. The number of aromatic nitrogens is 2. The van der Waals surface area contributed by atoms with Crippen molar-refractivity contribution < 1.29 is 18.3 Å². The van der Waals surface area contributed by atoms with Crippen molar-refractivity contribution in [3.8, 4) is 0 Å². The van der Waals surface area contributed by atoms with Crippen molar-refractivity contribution in [1.29, 1.82) is 0 Å². The Hall–Kier alpha value is -2.55. The van der Waals surface area contributed by atoms with Gasteiger partial charge in [-0.2, -0.15) is 18.2 Å². The van der Waals surface area contributed by atoms with E-state index >= 15 is 0 Å². The number of halogens is 3. The molecule has 2 saturated heterocycles. The molecule has 0 saturated carbocycles. The second kappa shape index (κ2) is 8.29. The maximum Gasteiger partial charge on any atom is 0.421 e. The van der Waals surface area contributed by atoms with E-state index in [-0.39, 0.29) is 23.9 Å². The van der Waals surface area contributed by atoms with E-state index in [1.165, 1.54) is 0 Å². The Bertz CT molecular complexity index is 874. The van der Waals surface area contributed by atoms with E-state index in [0.29, 0.717) is 18.8 Å². The van der Waals surface area contributed by atoms with Crippen molar-refractivity contribution in [3.63, 3.8) is 0 Å². The van der Waals surface area contributed by atoms with Gasteiger partial charge in [-0.25, -0.2) is 4.98 Å². The first-order chi connectivity index (χ1) is 14.3. The number of β-amino-alcohol motifs (C(OH)–C–C–N with tert-alkyl or cyclic N) is 1. The number of nitrogens with one attached hydrogen (secondary N) is 1. The highest BCUT2D eigenvalue weighted by Crippen LogP contribution is 2.38. The maximum absolute atomic E-state index is 13.5. The Labute approximate surface area is 173 Å². The van der Waals surface area contributed by atoms with Crippen LogP contribution in [0.25, 0.3) is 0 Å². The number of piperidine rings is 1. The van der Waals surface area contributed by atoms with Gasteiger partial charge in [0.2, 0.25) is 5.95 Å². The van der Waals surface area contributed by atoms with E-state index < -0.39 is 11.7 Å². The van der Waals surface area contributed by atoms with Crippen LogP contribution in [0.15, 0.2) is 30.5 Å². The third kappa shape index (κ3) is 4.45. The lowest BCUT2D eigenvalue weighted by atomic mass is 10.1. The Morgan fingerprint density at radius 1 is 1.10 bits per heavy atom. The molecule has 4 rings (SSSR count). The highest BCUT2D eigenvalue weighted by molar-refractivity contribution is 5.61. The molecule has 2 unspecified atom stereocenters. The number of alkyl halides is 3. The quantitative estimate of drug-likeness (QED) is 0.772. The molecule has 2 aliphatic rings. The first kappa shape index (κ1) is 20.7. The van der Waals surface area contributed by atoms with Gasteiger partial charge in [0.15, 0.2) is 0 Å². The molecule has 2 N–H and O–H groups in total. The standard InChI is InChI=1S/C21H26F3N5O/c1-14-4-2-11-29(14)19-18(21(22,23)24)12-25-20(27-19)26-15-6-8-16(9-7-15)28-10-3-5-17(30)13-28/h6-9,12,14,17,30H,2-5,10-11,13H2,1H3,(H,25,26,27). The zero-order valence-corrected chi connectivity index (χ0v) is 16.9. The number of nitrogens with zero attached hydrogens (tertiary/aromatic N) is 4. The number of hydrogen-bond acceptors (Lipinski definition) is 6. The lowest BCUT2D eigenvalue weighted by molar-refractivity contribution is -0.137. The summed E-state index contributed by atoms with van der Waals surface area (Å²) in [6.07, 6.45) is -0.508. The molecule has 0 bridgehead atoms. The molecular weight excluding hydrogens is 395 g/mol. The minimum atomic E-state index is -4.50. The molecule has 2 aromatic rings. The van der Waals surface area contributed by atoms with Crippen LogP contribution < -0.4 is 15.1 Å². The molecular formula is C21H26F3N5O. The second-order valence-corrected chi connectivity index (χ2v) is 8.03. The molecule has 0 radical (unpaired) electrons. The first-order valence-corrected chi connectivity index (χ1v) is 10.3. The van der Waals surface area contributed by atoms with Crippen molar-refractivity contribution in [2.45, 2.75) is 50.9 Å². The summed E-state index contributed by atoms with van der Waals surface area (Å²) in [6, 6.07) is 7.54. The monoisotopic (exact) mass is 421 g/mol. The molecule has 1 aromatic heterocycles. The van der Waals surface area contributed by atoms with Crippen LogP contribution in [-0.2, 0) is 6.18 Å². The summed E-state index contributed by atoms with van der Waals surface area (Å²) in [5, 5.41) is 12.9. The summed E-state index contributed by atoms with van der Waals surface area (Å²) in [7, 11) is 0. The van der Waals surface area contributed by atoms with Gasteiger partial charge >= 0.3 is 6.18 Å². The average molecular weight is 421 g/mol. The summed E-state index contributed by atoms with van der Waals surface area (Å²) in [5.74, 6) is 0.0715. The number of aliphatic hydroxyl groups excluding tert-OH is 1. The largest absolute Gasteiger partial charge is 0.421 e. The molecule has 2 atom stereocenters. The van der Waals surface area contributed by atoms with Crippen molar-refractivity contribution in [2.75, 3.05) is 34.8 Å². The van der Waals surface area contributed by atoms with E-state index in [1.807, 2.05) is 31.2 Å². The number of hydrogen-bond donors (Lipinski definition) is 2. The Kier molecular flexibility index (Phi) is 5.73. The summed E-state index contributed by atoms with van der Waals surface area (Å²) in [6.45, 7) is 3.96. The molecule has 0 spiro atoms. The lowest BCUT2D eigenvalue weighted by Gasteiger charge is -2.32. The highest BCUT2D eigenvalue weighted by atomic mass is 19.4. The molecule has 1 aromatic carbocycles. The molecule has 162 valence electrons. The Morgan fingerprint density at radius 2 is 1.83 bits per heavy atom. The van der Waals surface area contributed by atoms with Gasteiger partial charge in [-0.1, -0.05) is 0 Å². The predicted molar refractivity (Wildman–Crippen MR) is 110 cm³/mol. The van der Waals surface area contributed by atoms with E-state index in [2.05, 4.69) is 20.2 Å². The summed E-state index contributed by atoms with van der Waals surface area (Å²) < 4.78 is 40.5. The van der Waals surface area contributed by atoms with Crippen molar-refractivity contribution in [1.82, 2.24) is 9.97 Å². The van der Waals surface area contributed by atoms with Crippen molar-refractivity contribution in [2.24, 2.45) is 0 Å². The smallest absolute Gasteiger partial charge is 0.391 e. The topological polar surface area (TPSA) is 64.5 Å². The second-order valence-electron chi connectivity index (χ2n) is 8.03. The van der Waals surface area contributed by atoms with Crippen LogP contribution in [0.4, 0.5) is 36.3 Å². The normalized spacial score (nSPS) is 22.4. The number of rotatable bonds is 4. The molecule has 3 heterocycles. The summed E-state index contributed by atoms with van der Waals surface area (Å²) in [5.41, 5.74) is 0.886. The molecule has 0 amide bonds. The lowest BCUT2D eigenvalue weighted by Crippen LogP contribution is -2.38. The van der Waals surface area contributed by atoms with E-state index in [1.54, 1.807) is 4.90 Å². The van der Waals surface area contributed by atoms with Gasteiger partial charge < -0.3 is 20.2 Å². The average Bonchev–Trinajstić information content (AvgIpc) is 3.13. The van der Waals surface area contributed by atoms with Gasteiger partial charge in [0.1, 0.15) is 11.4 Å². The third-order valence-electron chi connectivity index (χ3n) is 5.78. The van der Waals surface area contributed by atoms with Crippen LogP contribution in [0.2, 0.25) is 0 Å². The first-order valence-electron chi connectivity index (χ1n) is 10.3.